The zero-order valence-corrected chi connectivity index (χ0v) is 29.3. The maximum Gasteiger partial charge on any atom is 0.252 e. The Morgan fingerprint density at radius 2 is 0.957 bits per heavy atom. The number of para-hydroxylation sites is 2. The molecule has 0 fully saturated rings. The van der Waals surface area contributed by atoms with Gasteiger partial charge in [0.1, 0.15) is 0 Å². The minimum Gasteiger partial charge on any atom is -0.311 e. The highest BCUT2D eigenvalue weighted by molar-refractivity contribution is 7.00. The predicted molar refractivity (Wildman–Crippen MR) is 201 cm³/mol. The summed E-state index contributed by atoms with van der Waals surface area (Å²) < 4.78 is 0. The molecule has 0 saturated carbocycles. The summed E-state index contributed by atoms with van der Waals surface area (Å²) in [5.41, 5.74) is 17.0. The van der Waals surface area contributed by atoms with Gasteiger partial charge in [-0.2, -0.15) is 0 Å². The maximum atomic E-state index is 2.58. The molecular formula is C43H47BN2. The molecule has 3 heteroatoms. The first kappa shape index (κ1) is 30.4. The SMILES string of the molecule is Cc1cc2c3c(c1)N(c1cc(C(C)(C)C)cc(C(C)(C)C)c1)c1ccc(C(C)(C)C)cc1B3c1ccccc1N2c1ccccc1. The lowest BCUT2D eigenvalue weighted by molar-refractivity contribution is 0.568. The van der Waals surface area contributed by atoms with E-state index < -0.39 is 0 Å². The van der Waals surface area contributed by atoms with Crippen molar-refractivity contribution in [3.05, 3.63) is 125 Å². The molecule has 0 bridgehead atoms. The quantitative estimate of drug-likeness (QED) is 0.182. The molecule has 0 radical (unpaired) electrons. The van der Waals surface area contributed by atoms with Gasteiger partial charge in [0.2, 0.25) is 0 Å². The van der Waals surface area contributed by atoms with Gasteiger partial charge >= 0.3 is 0 Å². The molecule has 46 heavy (non-hydrogen) atoms. The van der Waals surface area contributed by atoms with E-state index in [-0.39, 0.29) is 23.0 Å². The van der Waals surface area contributed by atoms with E-state index >= 15 is 0 Å². The Hall–Kier alpha value is -4.24. The van der Waals surface area contributed by atoms with Crippen LogP contribution < -0.4 is 26.2 Å². The van der Waals surface area contributed by atoms with E-state index in [1.807, 2.05) is 0 Å². The second-order valence-corrected chi connectivity index (χ2v) is 16.5. The van der Waals surface area contributed by atoms with Gasteiger partial charge in [-0.15, -0.1) is 0 Å². The van der Waals surface area contributed by atoms with Crippen molar-refractivity contribution in [1.82, 2.24) is 0 Å². The van der Waals surface area contributed by atoms with Gasteiger partial charge in [0.25, 0.3) is 6.71 Å². The van der Waals surface area contributed by atoms with Crippen molar-refractivity contribution >= 4 is 57.2 Å². The van der Waals surface area contributed by atoms with E-state index in [4.69, 9.17) is 0 Å². The van der Waals surface area contributed by atoms with Gasteiger partial charge in [-0.3, -0.25) is 0 Å². The molecule has 5 aromatic rings. The predicted octanol–water partition coefficient (Wildman–Crippen LogP) is 9.97. The lowest BCUT2D eigenvalue weighted by Gasteiger charge is -2.45. The summed E-state index contributed by atoms with van der Waals surface area (Å²) in [5.74, 6) is 0. The molecule has 0 spiro atoms. The molecule has 2 nitrogen and oxygen atoms in total. The van der Waals surface area contributed by atoms with Crippen LogP contribution in [0.15, 0.2) is 103 Å². The van der Waals surface area contributed by atoms with Crippen LogP contribution in [-0.4, -0.2) is 6.71 Å². The Labute approximate surface area is 277 Å². The number of benzene rings is 5. The van der Waals surface area contributed by atoms with Crippen molar-refractivity contribution in [3.63, 3.8) is 0 Å². The van der Waals surface area contributed by atoms with Crippen molar-refractivity contribution in [3.8, 4) is 0 Å². The molecule has 2 aliphatic heterocycles. The highest BCUT2D eigenvalue weighted by Crippen LogP contribution is 2.46. The van der Waals surface area contributed by atoms with Crippen molar-refractivity contribution in [1.29, 1.82) is 0 Å². The molecular weight excluding hydrogens is 555 g/mol. The Morgan fingerprint density at radius 1 is 0.435 bits per heavy atom. The van der Waals surface area contributed by atoms with Crippen molar-refractivity contribution in [2.75, 3.05) is 9.80 Å². The summed E-state index contributed by atoms with van der Waals surface area (Å²) >= 11 is 0. The van der Waals surface area contributed by atoms with E-state index in [1.165, 1.54) is 72.8 Å². The minimum absolute atomic E-state index is 0.0162. The molecule has 0 N–H and O–H groups in total. The molecule has 0 saturated heterocycles. The highest BCUT2D eigenvalue weighted by atomic mass is 15.2. The van der Waals surface area contributed by atoms with Gasteiger partial charge in [0.15, 0.2) is 0 Å². The fourth-order valence-corrected chi connectivity index (χ4v) is 7.29. The van der Waals surface area contributed by atoms with Crippen LogP contribution in [-0.2, 0) is 16.2 Å². The fourth-order valence-electron chi connectivity index (χ4n) is 7.29. The van der Waals surface area contributed by atoms with Gasteiger partial charge < -0.3 is 9.80 Å². The van der Waals surface area contributed by atoms with Crippen molar-refractivity contribution < 1.29 is 0 Å². The second kappa shape index (κ2) is 10.4. The van der Waals surface area contributed by atoms with Crippen LogP contribution in [0.25, 0.3) is 0 Å². The molecule has 0 aliphatic carbocycles. The van der Waals surface area contributed by atoms with Crippen LogP contribution in [0.5, 0.6) is 0 Å². The number of hydrogen-bond acceptors (Lipinski definition) is 2. The van der Waals surface area contributed by atoms with Crippen LogP contribution in [0.1, 0.15) is 84.6 Å². The second-order valence-electron chi connectivity index (χ2n) is 16.5. The topological polar surface area (TPSA) is 6.48 Å². The largest absolute Gasteiger partial charge is 0.311 e. The smallest absolute Gasteiger partial charge is 0.252 e. The number of hydrogen-bond donors (Lipinski definition) is 0. The molecule has 5 aromatic carbocycles. The first-order valence-electron chi connectivity index (χ1n) is 16.8. The van der Waals surface area contributed by atoms with Crippen LogP contribution >= 0.6 is 0 Å². The summed E-state index contributed by atoms with van der Waals surface area (Å²) in [6.45, 7) is 23.3. The summed E-state index contributed by atoms with van der Waals surface area (Å²) in [6, 6.07) is 39.3. The van der Waals surface area contributed by atoms with E-state index in [0.717, 1.165) is 0 Å². The van der Waals surface area contributed by atoms with Gasteiger partial charge in [0, 0.05) is 34.1 Å². The molecule has 0 aromatic heterocycles. The lowest BCUT2D eigenvalue weighted by Crippen LogP contribution is -2.61. The third kappa shape index (κ3) is 4.96. The first-order valence-corrected chi connectivity index (χ1v) is 16.8. The van der Waals surface area contributed by atoms with Gasteiger partial charge in [-0.25, -0.2) is 0 Å². The van der Waals surface area contributed by atoms with Gasteiger partial charge in [-0.05, 0) is 110 Å². The van der Waals surface area contributed by atoms with Crippen LogP contribution in [0, 0.1) is 6.92 Å². The highest BCUT2D eigenvalue weighted by Gasteiger charge is 2.44. The average Bonchev–Trinajstić information content (AvgIpc) is 2.99. The van der Waals surface area contributed by atoms with E-state index in [1.54, 1.807) is 0 Å². The van der Waals surface area contributed by atoms with E-state index in [0.29, 0.717) is 0 Å². The monoisotopic (exact) mass is 602 g/mol. The molecule has 7 rings (SSSR count). The Balaban J connectivity index is 1.61. The molecule has 0 unspecified atom stereocenters. The number of fused-ring (bicyclic) bond motifs is 4. The molecule has 0 amide bonds. The number of anilines is 6. The Kier molecular flexibility index (Phi) is 6.87. The third-order valence-electron chi connectivity index (χ3n) is 9.91. The Bertz CT molecular complexity index is 1940. The first-order chi connectivity index (χ1) is 21.6. The van der Waals surface area contributed by atoms with Gasteiger partial charge in [-0.1, -0.05) is 117 Å². The summed E-state index contributed by atoms with van der Waals surface area (Å²) in [7, 11) is 0. The van der Waals surface area contributed by atoms with Crippen LogP contribution in [0.3, 0.4) is 0 Å². The number of aryl methyl sites for hydroxylation is 1. The summed E-state index contributed by atoms with van der Waals surface area (Å²) in [4.78, 5) is 5.06. The van der Waals surface area contributed by atoms with Crippen LogP contribution in [0.2, 0.25) is 0 Å². The molecule has 232 valence electrons. The normalized spacial score (nSPS) is 14.2. The molecule has 2 heterocycles. The van der Waals surface area contributed by atoms with E-state index in [2.05, 4.69) is 182 Å². The minimum atomic E-state index is 0.0162. The molecule has 0 atom stereocenters. The van der Waals surface area contributed by atoms with Crippen molar-refractivity contribution in [2.45, 2.75) is 85.5 Å². The van der Waals surface area contributed by atoms with Crippen molar-refractivity contribution in [2.24, 2.45) is 0 Å². The zero-order chi connectivity index (χ0) is 32.8. The number of rotatable bonds is 2. The van der Waals surface area contributed by atoms with Gasteiger partial charge in [0.05, 0.1) is 0 Å². The number of nitrogens with zero attached hydrogens (tertiary/aromatic N) is 2. The lowest BCUT2D eigenvalue weighted by atomic mass is 9.33. The standard InChI is InChI=1S/C43H47BN2/c1-28-22-38-40-39(23-28)46(33-25-30(42(5,6)7)24-31(26-33)43(8,9)10)37-21-20-29(41(2,3)4)27-35(37)44(40)34-18-14-15-19-36(34)45(38)32-16-12-11-13-17-32/h11-27H,1-10H3. The van der Waals surface area contributed by atoms with E-state index in [9.17, 15) is 0 Å². The fraction of sp³-hybridized carbons (Fsp3) is 0.302. The molecule has 2 aliphatic rings. The Morgan fingerprint density at radius 3 is 1.54 bits per heavy atom. The summed E-state index contributed by atoms with van der Waals surface area (Å²) in [5, 5.41) is 0. The maximum absolute atomic E-state index is 2.58. The summed E-state index contributed by atoms with van der Waals surface area (Å²) in [6.07, 6.45) is 0. The third-order valence-corrected chi connectivity index (χ3v) is 9.91. The van der Waals surface area contributed by atoms with Crippen LogP contribution in [0.4, 0.5) is 34.1 Å². The zero-order valence-electron chi connectivity index (χ0n) is 29.3. The average molecular weight is 603 g/mol.